The van der Waals surface area contributed by atoms with Crippen LogP contribution in [0.15, 0.2) is 18.2 Å². The lowest BCUT2D eigenvalue weighted by Gasteiger charge is -2.35. The van der Waals surface area contributed by atoms with Crippen molar-refractivity contribution in [1.29, 1.82) is 0 Å². The Morgan fingerprint density at radius 3 is 2.38 bits per heavy atom. The third-order valence-electron chi connectivity index (χ3n) is 4.61. The van der Waals surface area contributed by atoms with Crippen LogP contribution in [0.5, 0.6) is 5.75 Å². The molecule has 1 fully saturated rings. The van der Waals surface area contributed by atoms with Gasteiger partial charge in [0.05, 0.1) is 19.3 Å². The maximum atomic E-state index is 10.2. The lowest BCUT2D eigenvalue weighted by molar-refractivity contribution is -0.00219. The van der Waals surface area contributed by atoms with E-state index in [-0.39, 0.29) is 0 Å². The van der Waals surface area contributed by atoms with Crippen LogP contribution in [0.2, 0.25) is 0 Å². The lowest BCUT2D eigenvalue weighted by atomic mass is 9.92. The third-order valence-corrected chi connectivity index (χ3v) is 4.61. The number of aliphatic hydroxyl groups excluding tert-OH is 1. The summed E-state index contributed by atoms with van der Waals surface area (Å²) >= 11 is 0. The first kappa shape index (κ1) is 19.2. The summed E-state index contributed by atoms with van der Waals surface area (Å²) in [5.74, 6) is 2.37. The summed E-state index contributed by atoms with van der Waals surface area (Å²) < 4.78 is 11.4. The average molecular weight is 335 g/mol. The molecule has 1 saturated heterocycles. The number of nitrogens with zero attached hydrogens (tertiary/aromatic N) is 1. The molecule has 1 aromatic carbocycles. The van der Waals surface area contributed by atoms with E-state index in [1.54, 1.807) is 0 Å². The Labute approximate surface area is 146 Å². The Kier molecular flexibility index (Phi) is 7.53. The number of hydrogen-bond acceptors (Lipinski definition) is 4. The van der Waals surface area contributed by atoms with Crippen LogP contribution in [0.1, 0.15) is 31.4 Å². The number of para-hydroxylation sites is 1. The second kappa shape index (κ2) is 9.40. The van der Waals surface area contributed by atoms with Crippen LogP contribution in [0, 0.1) is 25.7 Å². The maximum absolute atomic E-state index is 10.2. The molecule has 4 heteroatoms. The molecule has 1 aromatic rings. The minimum Gasteiger partial charge on any atom is -0.491 e. The van der Waals surface area contributed by atoms with Gasteiger partial charge in [0.1, 0.15) is 12.4 Å². The number of benzene rings is 1. The molecule has 0 bridgehead atoms. The molecule has 3 atom stereocenters. The highest BCUT2D eigenvalue weighted by molar-refractivity contribution is 5.39. The highest BCUT2D eigenvalue weighted by Crippen LogP contribution is 2.22. The fourth-order valence-electron chi connectivity index (χ4n) is 3.74. The van der Waals surface area contributed by atoms with Gasteiger partial charge in [-0.25, -0.2) is 0 Å². The van der Waals surface area contributed by atoms with Crippen molar-refractivity contribution in [3.63, 3.8) is 0 Å². The molecule has 1 N–H and O–H groups in total. The number of β-amino-alcohol motifs (C(OH)–C–C–N with tert-alkyl or cyclic N) is 1. The molecule has 0 saturated carbocycles. The first-order valence-electron chi connectivity index (χ1n) is 9.13. The standard InChI is InChI=1S/C20H33NO3/c1-15-10-16(2)12-21(11-15)13-19(22)14-23-8-9-24-20-17(3)6-5-7-18(20)4/h5-7,15-16,19,22H,8-14H2,1-4H3. The van der Waals surface area contributed by atoms with Crippen molar-refractivity contribution >= 4 is 0 Å². The number of rotatable bonds is 8. The number of aliphatic hydroxyl groups is 1. The molecule has 0 spiro atoms. The summed E-state index contributed by atoms with van der Waals surface area (Å²) in [6.07, 6.45) is 0.862. The van der Waals surface area contributed by atoms with E-state index in [0.717, 1.165) is 30.0 Å². The Balaban J connectivity index is 1.62. The van der Waals surface area contributed by atoms with Crippen LogP contribution in [0.4, 0.5) is 0 Å². The smallest absolute Gasteiger partial charge is 0.125 e. The van der Waals surface area contributed by atoms with Crippen molar-refractivity contribution in [3.05, 3.63) is 29.3 Å². The van der Waals surface area contributed by atoms with Gasteiger partial charge < -0.3 is 19.5 Å². The quantitative estimate of drug-likeness (QED) is 0.742. The fourth-order valence-corrected chi connectivity index (χ4v) is 3.74. The molecule has 1 heterocycles. The molecule has 0 aliphatic carbocycles. The molecule has 0 aromatic heterocycles. The Hall–Kier alpha value is -1.10. The van der Waals surface area contributed by atoms with Crippen molar-refractivity contribution in [2.45, 2.75) is 40.2 Å². The Morgan fingerprint density at radius 2 is 1.75 bits per heavy atom. The van der Waals surface area contributed by atoms with Crippen LogP contribution < -0.4 is 4.74 Å². The summed E-state index contributed by atoms with van der Waals surface area (Å²) in [5.41, 5.74) is 2.28. The van der Waals surface area contributed by atoms with E-state index < -0.39 is 6.10 Å². The van der Waals surface area contributed by atoms with E-state index in [9.17, 15) is 5.11 Å². The number of aryl methyl sites for hydroxylation is 2. The van der Waals surface area contributed by atoms with Crippen molar-refractivity contribution in [1.82, 2.24) is 4.90 Å². The first-order chi connectivity index (χ1) is 11.5. The first-order valence-corrected chi connectivity index (χ1v) is 9.13. The molecule has 4 nitrogen and oxygen atoms in total. The predicted octanol–water partition coefficient (Wildman–Crippen LogP) is 3.04. The van der Waals surface area contributed by atoms with Gasteiger partial charge >= 0.3 is 0 Å². The van der Waals surface area contributed by atoms with Crippen LogP contribution in [0.3, 0.4) is 0 Å². The SMILES string of the molecule is Cc1cccc(C)c1OCCOCC(O)CN1CC(C)CC(C)C1. The second-order valence-electron chi connectivity index (χ2n) is 7.46. The summed E-state index contributed by atoms with van der Waals surface area (Å²) in [5, 5.41) is 10.2. The van der Waals surface area contributed by atoms with E-state index in [2.05, 4.69) is 18.7 Å². The number of likely N-dealkylation sites (tertiary alicyclic amines) is 1. The number of piperidine rings is 1. The molecule has 0 amide bonds. The van der Waals surface area contributed by atoms with Gasteiger partial charge in [-0.05, 0) is 43.2 Å². The molecule has 24 heavy (non-hydrogen) atoms. The highest BCUT2D eigenvalue weighted by Gasteiger charge is 2.23. The molecule has 1 aliphatic heterocycles. The molecule has 3 unspecified atom stereocenters. The summed E-state index contributed by atoms with van der Waals surface area (Å²) in [4.78, 5) is 2.36. The van der Waals surface area contributed by atoms with Crippen LogP contribution in [0.25, 0.3) is 0 Å². The summed E-state index contributed by atoms with van der Waals surface area (Å²) in [6, 6.07) is 6.13. The topological polar surface area (TPSA) is 41.9 Å². The molecule has 0 radical (unpaired) electrons. The van der Waals surface area contributed by atoms with Gasteiger partial charge in [0.2, 0.25) is 0 Å². The lowest BCUT2D eigenvalue weighted by Crippen LogP contribution is -2.43. The third kappa shape index (κ3) is 6.08. The predicted molar refractivity (Wildman–Crippen MR) is 97.6 cm³/mol. The minimum absolute atomic E-state index is 0.370. The van der Waals surface area contributed by atoms with Gasteiger partial charge in [-0.2, -0.15) is 0 Å². The fraction of sp³-hybridized carbons (Fsp3) is 0.700. The van der Waals surface area contributed by atoms with Gasteiger partial charge in [0.15, 0.2) is 0 Å². The van der Waals surface area contributed by atoms with Crippen LogP contribution in [-0.2, 0) is 4.74 Å². The van der Waals surface area contributed by atoms with Gasteiger partial charge in [0.25, 0.3) is 0 Å². The number of ether oxygens (including phenoxy) is 2. The minimum atomic E-state index is -0.428. The average Bonchev–Trinajstić information content (AvgIpc) is 2.48. The molecule has 136 valence electrons. The zero-order valence-corrected chi connectivity index (χ0v) is 15.6. The van der Waals surface area contributed by atoms with E-state index in [0.29, 0.717) is 38.2 Å². The zero-order valence-electron chi connectivity index (χ0n) is 15.6. The van der Waals surface area contributed by atoms with E-state index >= 15 is 0 Å². The van der Waals surface area contributed by atoms with Crippen molar-refractivity contribution in [2.24, 2.45) is 11.8 Å². The van der Waals surface area contributed by atoms with E-state index in [1.165, 1.54) is 6.42 Å². The van der Waals surface area contributed by atoms with Crippen molar-refractivity contribution < 1.29 is 14.6 Å². The van der Waals surface area contributed by atoms with E-state index in [1.807, 2.05) is 32.0 Å². The van der Waals surface area contributed by atoms with Gasteiger partial charge in [-0.15, -0.1) is 0 Å². The molecular formula is C20H33NO3. The monoisotopic (exact) mass is 335 g/mol. The summed E-state index contributed by atoms with van der Waals surface area (Å²) in [6.45, 7) is 12.9. The summed E-state index contributed by atoms with van der Waals surface area (Å²) in [7, 11) is 0. The van der Waals surface area contributed by atoms with Gasteiger partial charge in [-0.1, -0.05) is 32.0 Å². The Bertz CT molecular complexity index is 475. The van der Waals surface area contributed by atoms with Gasteiger partial charge in [-0.3, -0.25) is 0 Å². The van der Waals surface area contributed by atoms with Gasteiger partial charge in [0, 0.05) is 19.6 Å². The molecule has 1 aliphatic rings. The van der Waals surface area contributed by atoms with Crippen molar-refractivity contribution in [2.75, 3.05) is 39.5 Å². The normalized spacial score (nSPS) is 23.2. The number of hydrogen-bond donors (Lipinski definition) is 1. The zero-order chi connectivity index (χ0) is 17.5. The Morgan fingerprint density at radius 1 is 1.12 bits per heavy atom. The largest absolute Gasteiger partial charge is 0.491 e. The highest BCUT2D eigenvalue weighted by atomic mass is 16.5. The maximum Gasteiger partial charge on any atom is 0.125 e. The van der Waals surface area contributed by atoms with Crippen molar-refractivity contribution in [3.8, 4) is 5.75 Å². The van der Waals surface area contributed by atoms with E-state index in [4.69, 9.17) is 9.47 Å². The van der Waals surface area contributed by atoms with Crippen LogP contribution >= 0.6 is 0 Å². The molecule has 2 rings (SSSR count). The molecular weight excluding hydrogens is 302 g/mol. The second-order valence-corrected chi connectivity index (χ2v) is 7.46. The van der Waals surface area contributed by atoms with Crippen LogP contribution in [-0.4, -0.2) is 55.6 Å².